The predicted molar refractivity (Wildman–Crippen MR) is 120 cm³/mol. The van der Waals surface area contributed by atoms with Crippen molar-refractivity contribution in [2.24, 2.45) is 47.3 Å². The lowest BCUT2D eigenvalue weighted by molar-refractivity contribution is -0.155. The van der Waals surface area contributed by atoms with Gasteiger partial charge in [-0.3, -0.25) is 4.79 Å². The van der Waals surface area contributed by atoms with E-state index in [0.29, 0.717) is 35.5 Å². The van der Waals surface area contributed by atoms with E-state index in [2.05, 4.69) is 26.8 Å². The summed E-state index contributed by atoms with van der Waals surface area (Å²) in [6, 6.07) is 0. The van der Waals surface area contributed by atoms with Gasteiger partial charge in [0.05, 0.1) is 18.6 Å². The molecule has 4 heteroatoms. The number of aliphatic hydroxyl groups is 2. The number of fused-ring (bicyclic) bond motifs is 1. The maximum absolute atomic E-state index is 12.1. The number of hydrogen-bond acceptors (Lipinski definition) is 3. The van der Waals surface area contributed by atoms with Gasteiger partial charge in [-0.1, -0.05) is 63.8 Å². The molecule has 0 saturated heterocycles. The molecule has 0 aromatic carbocycles. The normalized spacial score (nSPS) is 40.6. The lowest BCUT2D eigenvalue weighted by Gasteiger charge is -2.54. The second-order valence-electron chi connectivity index (χ2n) is 10.0. The highest BCUT2D eigenvalue weighted by atomic mass is 16.4. The standard InChI is InChI=1S/C26H42O4/c1-4-18-19(5-2)25(20(18)6-3)22(26(29)30)10-7-9-16-13-17-15-24(28)21(11-8-12-27)23(17)14-16/h8-9,11,17-25,27-28H,4-7,10,12-15H2,1-3H3,(H,29,30)/t17-,18?,19?,20?,21-,22?,23+,24-,25?/m1/s1. The average molecular weight is 419 g/mol. The van der Waals surface area contributed by atoms with E-state index in [1.807, 2.05) is 6.08 Å². The maximum atomic E-state index is 12.1. The van der Waals surface area contributed by atoms with Crippen molar-refractivity contribution in [3.05, 3.63) is 23.8 Å². The van der Waals surface area contributed by atoms with E-state index < -0.39 is 5.97 Å². The molecule has 0 aliphatic heterocycles. The van der Waals surface area contributed by atoms with Gasteiger partial charge in [0.15, 0.2) is 0 Å². The van der Waals surface area contributed by atoms with Crippen molar-refractivity contribution in [1.82, 2.24) is 0 Å². The van der Waals surface area contributed by atoms with Crippen LogP contribution in [0.2, 0.25) is 0 Å². The largest absolute Gasteiger partial charge is 0.481 e. The van der Waals surface area contributed by atoms with Crippen LogP contribution in [0.25, 0.3) is 0 Å². The van der Waals surface area contributed by atoms with E-state index >= 15 is 0 Å². The molecule has 3 aliphatic carbocycles. The van der Waals surface area contributed by atoms with Crippen molar-refractivity contribution in [2.45, 2.75) is 78.2 Å². The Morgan fingerprint density at radius 2 is 1.77 bits per heavy atom. The topological polar surface area (TPSA) is 77.8 Å². The smallest absolute Gasteiger partial charge is 0.306 e. The molecule has 4 nitrogen and oxygen atoms in total. The Bertz CT molecular complexity index is 627. The van der Waals surface area contributed by atoms with Gasteiger partial charge < -0.3 is 15.3 Å². The van der Waals surface area contributed by atoms with Crippen LogP contribution in [0.15, 0.2) is 23.8 Å². The van der Waals surface area contributed by atoms with E-state index in [-0.39, 0.29) is 24.5 Å². The second-order valence-corrected chi connectivity index (χ2v) is 10.0. The number of carboxylic acids is 1. The Hall–Kier alpha value is -1.13. The van der Waals surface area contributed by atoms with E-state index in [0.717, 1.165) is 44.9 Å². The first-order valence-corrected chi connectivity index (χ1v) is 12.3. The van der Waals surface area contributed by atoms with Crippen LogP contribution in [-0.2, 0) is 4.79 Å². The van der Waals surface area contributed by atoms with Gasteiger partial charge in [0.1, 0.15) is 0 Å². The molecular weight excluding hydrogens is 376 g/mol. The Morgan fingerprint density at radius 3 is 2.33 bits per heavy atom. The summed E-state index contributed by atoms with van der Waals surface area (Å²) in [5, 5.41) is 29.4. The third-order valence-corrected chi connectivity index (χ3v) is 8.77. The highest BCUT2D eigenvalue weighted by Crippen LogP contribution is 2.55. The molecule has 0 heterocycles. The summed E-state index contributed by atoms with van der Waals surface area (Å²) in [5.41, 5.74) is 1.45. The Labute approximate surface area is 182 Å². The third-order valence-electron chi connectivity index (χ3n) is 8.77. The Kier molecular flexibility index (Phi) is 8.20. The molecule has 30 heavy (non-hydrogen) atoms. The molecule has 0 aromatic rings. The molecule has 3 aliphatic rings. The van der Waals surface area contributed by atoms with Gasteiger partial charge >= 0.3 is 5.97 Å². The molecule has 3 fully saturated rings. The van der Waals surface area contributed by atoms with Crippen molar-refractivity contribution in [3.63, 3.8) is 0 Å². The monoisotopic (exact) mass is 418 g/mol. The van der Waals surface area contributed by atoms with Crippen LogP contribution in [0, 0.1) is 47.3 Å². The quantitative estimate of drug-likeness (QED) is 0.434. The zero-order valence-electron chi connectivity index (χ0n) is 19.0. The minimum atomic E-state index is -0.606. The summed E-state index contributed by atoms with van der Waals surface area (Å²) in [6.07, 6.45) is 13.6. The number of carbonyl (C=O) groups is 1. The molecule has 170 valence electrons. The fourth-order valence-corrected chi connectivity index (χ4v) is 7.52. The summed E-state index contributed by atoms with van der Waals surface area (Å²) >= 11 is 0. The van der Waals surface area contributed by atoms with Crippen LogP contribution >= 0.6 is 0 Å². The zero-order valence-corrected chi connectivity index (χ0v) is 19.0. The average Bonchev–Trinajstić information content (AvgIpc) is 3.21. The molecule has 0 aromatic heterocycles. The summed E-state index contributed by atoms with van der Waals surface area (Å²) in [5.74, 6) is 2.50. The summed E-state index contributed by atoms with van der Waals surface area (Å²) in [7, 11) is 0. The lowest BCUT2D eigenvalue weighted by Crippen LogP contribution is -2.51. The van der Waals surface area contributed by atoms with Crippen LogP contribution in [0.4, 0.5) is 0 Å². The summed E-state index contributed by atoms with van der Waals surface area (Å²) < 4.78 is 0. The molecule has 3 unspecified atom stereocenters. The SMILES string of the molecule is CCC1C(CC)C(C(CCC=C2C[C@@H]3C[C@@H](O)[C@H](C=CCO)[C@H]3C2)C(=O)O)C1CC. The molecule has 3 N–H and O–H groups in total. The lowest BCUT2D eigenvalue weighted by atomic mass is 9.50. The first-order chi connectivity index (χ1) is 14.5. The fraction of sp³-hybridized carbons (Fsp3) is 0.808. The van der Waals surface area contributed by atoms with E-state index in [9.17, 15) is 15.0 Å². The maximum Gasteiger partial charge on any atom is 0.306 e. The molecule has 3 saturated carbocycles. The number of carboxylic acid groups (broad SMARTS) is 1. The first kappa shape index (κ1) is 23.5. The molecule has 7 atom stereocenters. The van der Waals surface area contributed by atoms with Gasteiger partial charge in [-0.15, -0.1) is 0 Å². The van der Waals surface area contributed by atoms with E-state index in [4.69, 9.17) is 5.11 Å². The van der Waals surface area contributed by atoms with Crippen molar-refractivity contribution in [3.8, 4) is 0 Å². The minimum Gasteiger partial charge on any atom is -0.481 e. The van der Waals surface area contributed by atoms with Crippen LogP contribution in [0.1, 0.15) is 72.1 Å². The van der Waals surface area contributed by atoms with Crippen molar-refractivity contribution in [2.75, 3.05) is 6.61 Å². The second kappa shape index (κ2) is 10.5. The molecular formula is C26H42O4. The highest BCUT2D eigenvalue weighted by molar-refractivity contribution is 5.70. The van der Waals surface area contributed by atoms with Gasteiger partial charge in [0.2, 0.25) is 0 Å². The van der Waals surface area contributed by atoms with Gasteiger partial charge in [0, 0.05) is 5.92 Å². The summed E-state index contributed by atoms with van der Waals surface area (Å²) in [4.78, 5) is 12.1. The number of aliphatic carboxylic acids is 1. The Balaban J connectivity index is 1.60. The molecule has 0 spiro atoms. The van der Waals surface area contributed by atoms with Gasteiger partial charge in [0.25, 0.3) is 0 Å². The number of allylic oxidation sites excluding steroid dienone is 2. The molecule has 0 bridgehead atoms. The number of rotatable bonds is 10. The van der Waals surface area contributed by atoms with Crippen molar-refractivity contribution < 1.29 is 20.1 Å². The van der Waals surface area contributed by atoms with Gasteiger partial charge in [-0.05, 0) is 67.6 Å². The Morgan fingerprint density at radius 1 is 1.10 bits per heavy atom. The molecule has 3 rings (SSSR count). The van der Waals surface area contributed by atoms with E-state index in [1.54, 1.807) is 6.08 Å². The number of hydrogen-bond donors (Lipinski definition) is 3. The predicted octanol–water partition coefficient (Wildman–Crippen LogP) is 5.06. The molecule has 0 radical (unpaired) electrons. The first-order valence-electron chi connectivity index (χ1n) is 12.3. The zero-order chi connectivity index (χ0) is 21.8. The van der Waals surface area contributed by atoms with Gasteiger partial charge in [-0.25, -0.2) is 0 Å². The van der Waals surface area contributed by atoms with Crippen LogP contribution in [0.5, 0.6) is 0 Å². The van der Waals surface area contributed by atoms with Crippen molar-refractivity contribution >= 4 is 5.97 Å². The fourth-order valence-electron chi connectivity index (χ4n) is 7.52. The van der Waals surface area contributed by atoms with E-state index in [1.165, 1.54) is 12.0 Å². The van der Waals surface area contributed by atoms with Crippen LogP contribution < -0.4 is 0 Å². The van der Waals surface area contributed by atoms with Crippen molar-refractivity contribution in [1.29, 1.82) is 0 Å². The van der Waals surface area contributed by atoms with Gasteiger partial charge in [-0.2, -0.15) is 0 Å². The van der Waals surface area contributed by atoms with Crippen LogP contribution in [-0.4, -0.2) is 34.0 Å². The highest BCUT2D eigenvalue weighted by Gasteiger charge is 2.52. The summed E-state index contributed by atoms with van der Waals surface area (Å²) in [6.45, 7) is 6.72. The molecule has 0 amide bonds. The minimum absolute atomic E-state index is 0.0252. The van der Waals surface area contributed by atoms with Crippen LogP contribution in [0.3, 0.4) is 0 Å². The third kappa shape index (κ3) is 4.55. The number of aliphatic hydroxyl groups excluding tert-OH is 2.